The predicted molar refractivity (Wildman–Crippen MR) is 113 cm³/mol. The smallest absolute Gasteiger partial charge is 0.116 e. The molecule has 4 rings (SSSR count). The molecule has 0 spiro atoms. The molecule has 1 aromatic heterocycles. The summed E-state index contributed by atoms with van der Waals surface area (Å²) in [6, 6.07) is 16.0. The Morgan fingerprint density at radius 1 is 0.852 bits per heavy atom. The van der Waals surface area contributed by atoms with Crippen LogP contribution < -0.4 is 4.90 Å². The lowest BCUT2D eigenvalue weighted by atomic mass is 10.1. The van der Waals surface area contributed by atoms with Crippen LogP contribution in [0, 0.1) is 0 Å². The Labute approximate surface area is 169 Å². The molecular formula is C21H20Cl2N4. The normalized spacial score (nSPS) is 15.1. The van der Waals surface area contributed by atoms with Gasteiger partial charge in [-0.3, -0.25) is 0 Å². The van der Waals surface area contributed by atoms with E-state index < -0.39 is 0 Å². The van der Waals surface area contributed by atoms with E-state index in [1.54, 1.807) is 12.4 Å². The van der Waals surface area contributed by atoms with Crippen molar-refractivity contribution in [2.45, 2.75) is 0 Å². The van der Waals surface area contributed by atoms with Gasteiger partial charge in [0.15, 0.2) is 0 Å². The van der Waals surface area contributed by atoms with Crippen molar-refractivity contribution in [1.29, 1.82) is 0 Å². The minimum atomic E-state index is 0.509. The summed E-state index contributed by atoms with van der Waals surface area (Å²) < 4.78 is 0. The van der Waals surface area contributed by atoms with Gasteiger partial charge in [0, 0.05) is 43.0 Å². The molecule has 2 aromatic carbocycles. The van der Waals surface area contributed by atoms with Gasteiger partial charge in [0.25, 0.3) is 0 Å². The Morgan fingerprint density at radius 3 is 2.30 bits per heavy atom. The molecule has 3 aromatic rings. The monoisotopic (exact) mass is 398 g/mol. The van der Waals surface area contributed by atoms with E-state index in [1.807, 2.05) is 18.2 Å². The van der Waals surface area contributed by atoms with Crippen molar-refractivity contribution in [2.75, 3.05) is 38.1 Å². The molecule has 0 saturated carbocycles. The number of hydrogen-bond donors (Lipinski definition) is 0. The molecular weight excluding hydrogens is 379 g/mol. The van der Waals surface area contributed by atoms with Crippen molar-refractivity contribution in [3.05, 3.63) is 64.9 Å². The molecule has 0 amide bonds. The number of halogens is 2. The zero-order valence-electron chi connectivity index (χ0n) is 15.1. The lowest BCUT2D eigenvalue weighted by molar-refractivity contribution is 0.313. The molecule has 0 N–H and O–H groups in total. The topological polar surface area (TPSA) is 32.3 Å². The van der Waals surface area contributed by atoms with Crippen LogP contribution >= 0.6 is 23.2 Å². The highest BCUT2D eigenvalue weighted by Crippen LogP contribution is 2.33. The van der Waals surface area contributed by atoms with Crippen LogP contribution in [0.5, 0.6) is 0 Å². The van der Waals surface area contributed by atoms with Gasteiger partial charge in [0.2, 0.25) is 0 Å². The molecule has 0 aliphatic carbocycles. The van der Waals surface area contributed by atoms with Gasteiger partial charge >= 0.3 is 0 Å². The van der Waals surface area contributed by atoms with Gasteiger partial charge in [-0.2, -0.15) is 0 Å². The van der Waals surface area contributed by atoms with E-state index >= 15 is 0 Å². The van der Waals surface area contributed by atoms with Crippen LogP contribution in [0.2, 0.25) is 10.0 Å². The van der Waals surface area contributed by atoms with E-state index in [4.69, 9.17) is 23.2 Å². The molecule has 1 aliphatic rings. The Balaban J connectivity index is 1.60. The van der Waals surface area contributed by atoms with Crippen LogP contribution in [0.1, 0.15) is 0 Å². The molecule has 138 valence electrons. The molecule has 1 fully saturated rings. The number of anilines is 1. The standard InChI is InChI=1S/C21H20Cl2N4/c1-26-9-11-27(12-10-26)16-7-5-15(6-8-16)19-13-20(25-14-24-19)17-3-2-4-18(22)21(17)23/h2-8,13-14H,9-12H2,1H3. The second-order valence-corrected chi connectivity index (χ2v) is 7.51. The van der Waals surface area contributed by atoms with Crippen LogP contribution in [-0.4, -0.2) is 48.1 Å². The number of aromatic nitrogens is 2. The highest BCUT2D eigenvalue weighted by atomic mass is 35.5. The van der Waals surface area contributed by atoms with Gasteiger partial charge in [-0.15, -0.1) is 0 Å². The van der Waals surface area contributed by atoms with E-state index in [0.717, 1.165) is 48.7 Å². The molecule has 0 bridgehead atoms. The van der Waals surface area contributed by atoms with Crippen molar-refractivity contribution in [1.82, 2.24) is 14.9 Å². The molecule has 27 heavy (non-hydrogen) atoms. The molecule has 0 unspecified atom stereocenters. The van der Waals surface area contributed by atoms with Crippen LogP contribution in [0.15, 0.2) is 54.9 Å². The van der Waals surface area contributed by atoms with Crippen molar-refractivity contribution >= 4 is 28.9 Å². The number of hydrogen-bond acceptors (Lipinski definition) is 4. The number of nitrogens with zero attached hydrogens (tertiary/aromatic N) is 4. The summed E-state index contributed by atoms with van der Waals surface area (Å²) in [5.74, 6) is 0. The summed E-state index contributed by atoms with van der Waals surface area (Å²) in [7, 11) is 2.17. The zero-order valence-corrected chi connectivity index (χ0v) is 16.6. The van der Waals surface area contributed by atoms with Gasteiger partial charge in [-0.1, -0.05) is 47.5 Å². The Hall–Kier alpha value is -2.14. The van der Waals surface area contributed by atoms with Crippen LogP contribution in [0.3, 0.4) is 0 Å². The summed E-state index contributed by atoms with van der Waals surface area (Å²) in [6.45, 7) is 4.30. The molecule has 2 heterocycles. The fraction of sp³-hybridized carbons (Fsp3) is 0.238. The summed E-state index contributed by atoms with van der Waals surface area (Å²) in [5, 5.41) is 1.03. The Bertz CT molecular complexity index is 935. The first kappa shape index (κ1) is 18.2. The highest BCUT2D eigenvalue weighted by Gasteiger charge is 2.14. The Kier molecular flexibility index (Phi) is 5.30. The highest BCUT2D eigenvalue weighted by molar-refractivity contribution is 6.43. The summed E-state index contributed by atoms with van der Waals surface area (Å²) in [5.41, 5.74) is 4.73. The summed E-state index contributed by atoms with van der Waals surface area (Å²) in [4.78, 5) is 13.6. The Morgan fingerprint density at radius 2 is 1.56 bits per heavy atom. The van der Waals surface area contributed by atoms with Gasteiger partial charge in [-0.25, -0.2) is 9.97 Å². The van der Waals surface area contributed by atoms with Crippen LogP contribution in [0.25, 0.3) is 22.5 Å². The second-order valence-electron chi connectivity index (χ2n) is 6.73. The summed E-state index contributed by atoms with van der Waals surface area (Å²) in [6.07, 6.45) is 1.57. The van der Waals surface area contributed by atoms with Crippen molar-refractivity contribution in [2.24, 2.45) is 0 Å². The second kappa shape index (κ2) is 7.85. The molecule has 0 radical (unpaired) electrons. The maximum absolute atomic E-state index is 6.34. The van der Waals surface area contributed by atoms with E-state index in [0.29, 0.717) is 10.0 Å². The fourth-order valence-electron chi connectivity index (χ4n) is 3.27. The average molecular weight is 399 g/mol. The van der Waals surface area contributed by atoms with Crippen LogP contribution in [-0.2, 0) is 0 Å². The van der Waals surface area contributed by atoms with Crippen molar-refractivity contribution in [3.63, 3.8) is 0 Å². The third kappa shape index (κ3) is 3.93. The van der Waals surface area contributed by atoms with Crippen molar-refractivity contribution in [3.8, 4) is 22.5 Å². The number of rotatable bonds is 3. The van der Waals surface area contributed by atoms with E-state index in [2.05, 4.69) is 51.1 Å². The van der Waals surface area contributed by atoms with Gasteiger partial charge < -0.3 is 9.80 Å². The number of piperazine rings is 1. The first-order chi connectivity index (χ1) is 13.1. The first-order valence-electron chi connectivity index (χ1n) is 8.92. The lowest BCUT2D eigenvalue weighted by Crippen LogP contribution is -2.44. The maximum Gasteiger partial charge on any atom is 0.116 e. The van der Waals surface area contributed by atoms with Crippen LogP contribution in [0.4, 0.5) is 5.69 Å². The van der Waals surface area contributed by atoms with Gasteiger partial charge in [-0.05, 0) is 31.3 Å². The molecule has 1 saturated heterocycles. The number of likely N-dealkylation sites (N-methyl/N-ethyl adjacent to an activating group) is 1. The quantitative estimate of drug-likeness (QED) is 0.629. The fourth-order valence-corrected chi connectivity index (χ4v) is 3.67. The maximum atomic E-state index is 6.34. The summed E-state index contributed by atoms with van der Waals surface area (Å²) >= 11 is 12.5. The minimum Gasteiger partial charge on any atom is -0.369 e. The van der Waals surface area contributed by atoms with Crippen molar-refractivity contribution < 1.29 is 0 Å². The molecule has 0 atom stereocenters. The largest absolute Gasteiger partial charge is 0.369 e. The SMILES string of the molecule is CN1CCN(c2ccc(-c3cc(-c4cccc(Cl)c4Cl)ncn3)cc2)CC1. The van der Waals surface area contributed by atoms with E-state index in [9.17, 15) is 0 Å². The lowest BCUT2D eigenvalue weighted by Gasteiger charge is -2.34. The number of benzene rings is 2. The zero-order chi connectivity index (χ0) is 18.8. The molecule has 1 aliphatic heterocycles. The molecule has 6 heteroatoms. The average Bonchev–Trinajstić information content (AvgIpc) is 2.71. The minimum absolute atomic E-state index is 0.509. The van der Waals surface area contributed by atoms with E-state index in [-0.39, 0.29) is 0 Å². The first-order valence-corrected chi connectivity index (χ1v) is 9.68. The predicted octanol–water partition coefficient (Wildman–Crippen LogP) is 4.87. The van der Waals surface area contributed by atoms with Gasteiger partial charge in [0.1, 0.15) is 6.33 Å². The third-order valence-electron chi connectivity index (χ3n) is 4.93. The van der Waals surface area contributed by atoms with Gasteiger partial charge in [0.05, 0.1) is 21.4 Å². The van der Waals surface area contributed by atoms with E-state index in [1.165, 1.54) is 5.69 Å². The third-order valence-corrected chi connectivity index (χ3v) is 5.75. The molecule has 4 nitrogen and oxygen atoms in total.